The first-order chi connectivity index (χ1) is 10.0. The number of carbonyl (C=O) groups excluding carboxylic acids is 1. The molecule has 2 aromatic rings. The van der Waals surface area contributed by atoms with Crippen molar-refractivity contribution in [2.45, 2.75) is 19.0 Å². The van der Waals surface area contributed by atoms with Gasteiger partial charge in [0.2, 0.25) is 5.91 Å². The van der Waals surface area contributed by atoms with Crippen LogP contribution in [0.5, 0.6) is 0 Å². The summed E-state index contributed by atoms with van der Waals surface area (Å²) in [6.07, 6.45) is 0. The summed E-state index contributed by atoms with van der Waals surface area (Å²) in [7, 11) is 0. The third-order valence-corrected chi connectivity index (χ3v) is 4.60. The number of halogens is 2. The molecule has 0 aliphatic carbocycles. The van der Waals surface area contributed by atoms with E-state index in [4.69, 9.17) is 0 Å². The Bertz CT molecular complexity index is 702. The van der Waals surface area contributed by atoms with E-state index in [1.807, 2.05) is 30.3 Å². The maximum Gasteiger partial charge on any atom is 0.246 e. The number of anilines is 1. The number of fused-ring (bicyclic) bond motifs is 1. The first kappa shape index (κ1) is 14.8. The predicted molar refractivity (Wildman–Crippen MR) is 91.2 cm³/mol. The van der Waals surface area contributed by atoms with E-state index >= 15 is 0 Å². The van der Waals surface area contributed by atoms with Gasteiger partial charge in [-0.05, 0) is 42.8 Å². The summed E-state index contributed by atoms with van der Waals surface area (Å²) in [5, 5.41) is 6.31. The number of hydrogen-bond acceptors (Lipinski definition) is 2. The van der Waals surface area contributed by atoms with Crippen LogP contribution in [-0.4, -0.2) is 5.91 Å². The molecule has 2 N–H and O–H groups in total. The second-order valence-corrected chi connectivity index (χ2v) is 6.93. The normalized spacial score (nSPS) is 18.2. The van der Waals surface area contributed by atoms with Gasteiger partial charge in [0.05, 0.1) is 0 Å². The lowest BCUT2D eigenvalue weighted by atomic mass is 10.0. The van der Waals surface area contributed by atoms with Gasteiger partial charge in [-0.3, -0.25) is 10.1 Å². The van der Waals surface area contributed by atoms with Crippen LogP contribution in [0.4, 0.5) is 5.69 Å². The molecule has 0 aromatic heterocycles. The third kappa shape index (κ3) is 3.05. The molecule has 108 valence electrons. The van der Waals surface area contributed by atoms with Gasteiger partial charge in [-0.2, -0.15) is 0 Å². The predicted octanol–water partition coefficient (Wildman–Crippen LogP) is 4.56. The molecule has 5 heteroatoms. The molecule has 0 radical (unpaired) electrons. The zero-order chi connectivity index (χ0) is 15.0. The first-order valence-corrected chi connectivity index (χ1v) is 8.25. The fourth-order valence-corrected chi connectivity index (χ4v) is 3.32. The smallest absolute Gasteiger partial charge is 0.246 e. The minimum absolute atomic E-state index is 0.00931. The minimum atomic E-state index is -0.327. The molecule has 0 spiro atoms. The van der Waals surface area contributed by atoms with Gasteiger partial charge >= 0.3 is 0 Å². The van der Waals surface area contributed by atoms with Crippen LogP contribution < -0.4 is 10.6 Å². The van der Waals surface area contributed by atoms with E-state index < -0.39 is 0 Å². The van der Waals surface area contributed by atoms with Gasteiger partial charge in [0.25, 0.3) is 0 Å². The highest BCUT2D eigenvalue weighted by Crippen LogP contribution is 2.34. The van der Waals surface area contributed by atoms with Gasteiger partial charge in [-0.25, -0.2) is 0 Å². The number of carbonyl (C=O) groups is 1. The second kappa shape index (κ2) is 5.91. The maximum absolute atomic E-state index is 12.2. The molecule has 3 rings (SSSR count). The van der Waals surface area contributed by atoms with Crippen LogP contribution in [0, 0.1) is 0 Å². The van der Waals surface area contributed by atoms with Crippen molar-refractivity contribution in [1.29, 1.82) is 0 Å². The number of nitrogens with one attached hydrogen (secondary N) is 2. The van der Waals surface area contributed by atoms with E-state index in [0.29, 0.717) is 0 Å². The molecule has 1 heterocycles. The average Bonchev–Trinajstić information content (AvgIpc) is 2.75. The van der Waals surface area contributed by atoms with Gasteiger partial charge < -0.3 is 5.32 Å². The van der Waals surface area contributed by atoms with Crippen LogP contribution in [0.25, 0.3) is 0 Å². The summed E-state index contributed by atoms with van der Waals surface area (Å²) in [6, 6.07) is 13.7. The highest BCUT2D eigenvalue weighted by atomic mass is 79.9. The Morgan fingerprint density at radius 3 is 2.67 bits per heavy atom. The molecule has 2 unspecified atom stereocenters. The van der Waals surface area contributed by atoms with Crippen LogP contribution in [0.2, 0.25) is 0 Å². The third-order valence-electron chi connectivity index (χ3n) is 3.61. The topological polar surface area (TPSA) is 41.1 Å². The molecule has 0 fully saturated rings. The Kier molecular flexibility index (Phi) is 4.15. The van der Waals surface area contributed by atoms with Crippen LogP contribution in [0.1, 0.15) is 30.1 Å². The summed E-state index contributed by atoms with van der Waals surface area (Å²) >= 11 is 6.94. The Morgan fingerprint density at radius 1 is 1.14 bits per heavy atom. The molecular formula is C16H14Br2N2O. The maximum atomic E-state index is 12.2. The fraction of sp³-hybridized carbons (Fsp3) is 0.188. The molecule has 3 nitrogen and oxygen atoms in total. The molecule has 2 aromatic carbocycles. The molecular weight excluding hydrogens is 396 g/mol. The Labute approximate surface area is 140 Å². The van der Waals surface area contributed by atoms with Crippen molar-refractivity contribution in [1.82, 2.24) is 5.32 Å². The molecule has 2 atom stereocenters. The van der Waals surface area contributed by atoms with Gasteiger partial charge in [0, 0.05) is 26.2 Å². The van der Waals surface area contributed by atoms with Crippen LogP contribution in [-0.2, 0) is 4.79 Å². The van der Waals surface area contributed by atoms with Crippen LogP contribution in [0.3, 0.4) is 0 Å². The quantitative estimate of drug-likeness (QED) is 0.780. The van der Waals surface area contributed by atoms with Gasteiger partial charge in [0.1, 0.15) is 6.04 Å². The standard InChI is InChI=1S/C16H14Br2N2O/c1-9(10-3-2-4-11(17)7-10)19-15-13-8-12(18)5-6-14(13)20-16(15)21/h2-9,15,19H,1H3,(H,20,21). The van der Waals surface area contributed by atoms with Crippen molar-refractivity contribution >= 4 is 43.5 Å². The van der Waals surface area contributed by atoms with Crippen molar-refractivity contribution < 1.29 is 4.79 Å². The van der Waals surface area contributed by atoms with Crippen molar-refractivity contribution in [3.63, 3.8) is 0 Å². The van der Waals surface area contributed by atoms with Gasteiger partial charge in [-0.1, -0.05) is 44.0 Å². The first-order valence-electron chi connectivity index (χ1n) is 6.66. The molecule has 0 saturated carbocycles. The van der Waals surface area contributed by atoms with Crippen molar-refractivity contribution in [2.75, 3.05) is 5.32 Å². The summed E-state index contributed by atoms with van der Waals surface area (Å²) in [6.45, 7) is 2.06. The lowest BCUT2D eigenvalue weighted by molar-refractivity contribution is -0.117. The summed E-state index contributed by atoms with van der Waals surface area (Å²) < 4.78 is 2.01. The summed E-state index contributed by atoms with van der Waals surface area (Å²) in [5.41, 5.74) is 3.00. The van der Waals surface area contributed by atoms with E-state index in [1.165, 1.54) is 0 Å². The lowest BCUT2D eigenvalue weighted by Gasteiger charge is -2.19. The van der Waals surface area contributed by atoms with Crippen LogP contribution in [0.15, 0.2) is 51.4 Å². The van der Waals surface area contributed by atoms with E-state index in [0.717, 1.165) is 25.8 Å². The van der Waals surface area contributed by atoms with Crippen LogP contribution >= 0.6 is 31.9 Å². The van der Waals surface area contributed by atoms with Crippen molar-refractivity contribution in [2.24, 2.45) is 0 Å². The van der Waals surface area contributed by atoms with E-state index in [-0.39, 0.29) is 18.0 Å². The van der Waals surface area contributed by atoms with Gasteiger partial charge in [-0.15, -0.1) is 0 Å². The van der Waals surface area contributed by atoms with E-state index in [2.05, 4.69) is 61.5 Å². The molecule has 1 aliphatic heterocycles. The lowest BCUT2D eigenvalue weighted by Crippen LogP contribution is -2.29. The Hall–Kier alpha value is -1.17. The molecule has 21 heavy (non-hydrogen) atoms. The van der Waals surface area contributed by atoms with Crippen molar-refractivity contribution in [3.8, 4) is 0 Å². The molecule has 1 amide bonds. The zero-order valence-corrected chi connectivity index (χ0v) is 14.5. The Balaban J connectivity index is 1.85. The largest absolute Gasteiger partial charge is 0.324 e. The zero-order valence-electron chi connectivity index (χ0n) is 11.4. The minimum Gasteiger partial charge on any atom is -0.324 e. The Morgan fingerprint density at radius 2 is 1.90 bits per heavy atom. The molecule has 0 saturated heterocycles. The van der Waals surface area contributed by atoms with Gasteiger partial charge in [0.15, 0.2) is 0 Å². The number of hydrogen-bond donors (Lipinski definition) is 2. The summed E-state index contributed by atoms with van der Waals surface area (Å²) in [4.78, 5) is 12.2. The van der Waals surface area contributed by atoms with E-state index in [1.54, 1.807) is 0 Å². The monoisotopic (exact) mass is 408 g/mol. The summed E-state index contributed by atoms with van der Waals surface area (Å²) in [5.74, 6) is -0.00931. The molecule has 0 bridgehead atoms. The second-order valence-electron chi connectivity index (χ2n) is 5.10. The van der Waals surface area contributed by atoms with E-state index in [9.17, 15) is 4.79 Å². The molecule has 1 aliphatic rings. The SMILES string of the molecule is CC(NC1C(=O)Nc2ccc(Br)cc21)c1cccc(Br)c1. The highest BCUT2D eigenvalue weighted by Gasteiger charge is 2.31. The van der Waals surface area contributed by atoms with Crippen molar-refractivity contribution in [3.05, 3.63) is 62.5 Å². The number of benzene rings is 2. The number of amides is 1. The fourth-order valence-electron chi connectivity index (χ4n) is 2.52. The highest BCUT2D eigenvalue weighted by molar-refractivity contribution is 9.10. The average molecular weight is 410 g/mol. The number of rotatable bonds is 3.